The van der Waals surface area contributed by atoms with Gasteiger partial charge in [0.25, 0.3) is 0 Å². The van der Waals surface area contributed by atoms with E-state index in [1.54, 1.807) is 0 Å². The third-order valence-electron chi connectivity index (χ3n) is 3.68. The summed E-state index contributed by atoms with van der Waals surface area (Å²) in [6.07, 6.45) is 4.86. The quantitative estimate of drug-likeness (QED) is 0.829. The first kappa shape index (κ1) is 13.3. The Morgan fingerprint density at radius 1 is 1.33 bits per heavy atom. The third kappa shape index (κ3) is 3.41. The first-order chi connectivity index (χ1) is 8.61. The molecule has 0 aromatic heterocycles. The molecule has 1 saturated carbocycles. The van der Waals surface area contributed by atoms with Crippen molar-refractivity contribution < 1.29 is 4.74 Å². The SMILES string of the molecule is CCCOc1ccccc1NC1CCC(C)(C)C1. The van der Waals surface area contributed by atoms with E-state index >= 15 is 0 Å². The van der Waals surface area contributed by atoms with E-state index in [2.05, 4.69) is 44.3 Å². The molecule has 0 aliphatic heterocycles. The van der Waals surface area contributed by atoms with Gasteiger partial charge >= 0.3 is 0 Å². The number of nitrogens with one attached hydrogen (secondary N) is 1. The van der Waals surface area contributed by atoms with Crippen molar-refractivity contribution in [1.29, 1.82) is 0 Å². The van der Waals surface area contributed by atoms with Gasteiger partial charge < -0.3 is 10.1 Å². The molecule has 1 aliphatic rings. The summed E-state index contributed by atoms with van der Waals surface area (Å²) < 4.78 is 5.79. The van der Waals surface area contributed by atoms with Crippen LogP contribution in [-0.4, -0.2) is 12.6 Å². The van der Waals surface area contributed by atoms with E-state index in [1.165, 1.54) is 19.3 Å². The minimum Gasteiger partial charge on any atom is -0.491 e. The van der Waals surface area contributed by atoms with E-state index in [-0.39, 0.29) is 0 Å². The molecule has 1 unspecified atom stereocenters. The Balaban J connectivity index is 2.00. The topological polar surface area (TPSA) is 21.3 Å². The Bertz CT molecular complexity index is 386. The normalized spacial score (nSPS) is 21.8. The number of anilines is 1. The number of para-hydroxylation sites is 2. The van der Waals surface area contributed by atoms with Crippen molar-refractivity contribution in [2.24, 2.45) is 5.41 Å². The predicted molar refractivity (Wildman–Crippen MR) is 77.3 cm³/mol. The summed E-state index contributed by atoms with van der Waals surface area (Å²) in [5.74, 6) is 0.990. The zero-order chi connectivity index (χ0) is 13.0. The highest BCUT2D eigenvalue weighted by Crippen LogP contribution is 2.39. The van der Waals surface area contributed by atoms with Crippen LogP contribution >= 0.6 is 0 Å². The summed E-state index contributed by atoms with van der Waals surface area (Å²) in [5, 5.41) is 3.65. The van der Waals surface area contributed by atoms with Crippen LogP contribution in [0, 0.1) is 5.41 Å². The second-order valence-electron chi connectivity index (χ2n) is 6.09. The Kier molecular flexibility index (Phi) is 4.15. The summed E-state index contributed by atoms with van der Waals surface area (Å²) in [4.78, 5) is 0. The van der Waals surface area contributed by atoms with Crippen LogP contribution in [0.5, 0.6) is 5.75 Å². The highest BCUT2D eigenvalue weighted by molar-refractivity contribution is 5.56. The maximum Gasteiger partial charge on any atom is 0.142 e. The molecule has 1 aromatic rings. The van der Waals surface area contributed by atoms with Crippen molar-refractivity contribution in [2.75, 3.05) is 11.9 Å². The molecule has 0 bridgehead atoms. The molecule has 0 amide bonds. The van der Waals surface area contributed by atoms with Gasteiger partial charge in [-0.1, -0.05) is 32.9 Å². The van der Waals surface area contributed by atoms with E-state index in [9.17, 15) is 0 Å². The number of hydrogen-bond acceptors (Lipinski definition) is 2. The molecular weight excluding hydrogens is 222 g/mol. The molecule has 2 nitrogen and oxygen atoms in total. The van der Waals surface area contributed by atoms with Gasteiger partial charge in [-0.05, 0) is 43.2 Å². The molecule has 1 atom stereocenters. The predicted octanol–water partition coefficient (Wildman–Crippen LogP) is 4.47. The Labute approximate surface area is 111 Å². The van der Waals surface area contributed by atoms with Gasteiger partial charge in [-0.2, -0.15) is 0 Å². The molecule has 18 heavy (non-hydrogen) atoms. The molecule has 0 spiro atoms. The average molecular weight is 247 g/mol. The molecule has 2 rings (SSSR count). The van der Waals surface area contributed by atoms with Crippen molar-refractivity contribution in [3.8, 4) is 5.75 Å². The number of rotatable bonds is 5. The van der Waals surface area contributed by atoms with Crippen LogP contribution in [0.2, 0.25) is 0 Å². The van der Waals surface area contributed by atoms with Gasteiger partial charge in [0.15, 0.2) is 0 Å². The van der Waals surface area contributed by atoms with Crippen LogP contribution in [0.1, 0.15) is 46.5 Å². The highest BCUT2D eigenvalue weighted by atomic mass is 16.5. The van der Waals surface area contributed by atoms with Gasteiger partial charge in [0.2, 0.25) is 0 Å². The van der Waals surface area contributed by atoms with Crippen molar-refractivity contribution in [3.63, 3.8) is 0 Å². The Hall–Kier alpha value is -1.18. The summed E-state index contributed by atoms with van der Waals surface area (Å²) in [7, 11) is 0. The van der Waals surface area contributed by atoms with Gasteiger partial charge in [-0.3, -0.25) is 0 Å². The van der Waals surface area contributed by atoms with E-state index in [0.29, 0.717) is 11.5 Å². The lowest BCUT2D eigenvalue weighted by Crippen LogP contribution is -2.18. The number of ether oxygens (including phenoxy) is 1. The van der Waals surface area contributed by atoms with E-state index in [1.807, 2.05) is 6.07 Å². The van der Waals surface area contributed by atoms with Gasteiger partial charge in [-0.25, -0.2) is 0 Å². The largest absolute Gasteiger partial charge is 0.491 e. The summed E-state index contributed by atoms with van der Waals surface area (Å²) in [6.45, 7) is 7.63. The van der Waals surface area contributed by atoms with Crippen LogP contribution in [0.4, 0.5) is 5.69 Å². The molecular formula is C16H25NO. The van der Waals surface area contributed by atoms with Crippen molar-refractivity contribution >= 4 is 5.69 Å². The first-order valence-electron chi connectivity index (χ1n) is 7.09. The second-order valence-corrected chi connectivity index (χ2v) is 6.09. The number of hydrogen-bond donors (Lipinski definition) is 1. The average Bonchev–Trinajstić information content (AvgIpc) is 2.68. The Morgan fingerprint density at radius 2 is 2.11 bits per heavy atom. The fourth-order valence-electron chi connectivity index (χ4n) is 2.70. The van der Waals surface area contributed by atoms with Crippen LogP contribution < -0.4 is 10.1 Å². The maximum atomic E-state index is 5.79. The molecule has 0 heterocycles. The molecule has 1 aliphatic carbocycles. The van der Waals surface area contributed by atoms with Crippen LogP contribution in [0.15, 0.2) is 24.3 Å². The van der Waals surface area contributed by atoms with Crippen LogP contribution in [-0.2, 0) is 0 Å². The summed E-state index contributed by atoms with van der Waals surface area (Å²) in [6, 6.07) is 8.87. The van der Waals surface area contributed by atoms with Crippen molar-refractivity contribution in [3.05, 3.63) is 24.3 Å². The molecule has 0 saturated heterocycles. The molecule has 1 aromatic carbocycles. The zero-order valence-electron chi connectivity index (χ0n) is 11.8. The minimum atomic E-state index is 0.483. The van der Waals surface area contributed by atoms with E-state index in [4.69, 9.17) is 4.74 Å². The van der Waals surface area contributed by atoms with Crippen LogP contribution in [0.25, 0.3) is 0 Å². The van der Waals surface area contributed by atoms with Crippen LogP contribution in [0.3, 0.4) is 0 Å². The van der Waals surface area contributed by atoms with Gasteiger partial charge in [-0.15, -0.1) is 0 Å². The minimum absolute atomic E-state index is 0.483. The Morgan fingerprint density at radius 3 is 2.78 bits per heavy atom. The lowest BCUT2D eigenvalue weighted by atomic mass is 9.92. The van der Waals surface area contributed by atoms with Crippen molar-refractivity contribution in [1.82, 2.24) is 0 Å². The molecule has 1 fully saturated rings. The molecule has 0 radical (unpaired) electrons. The molecule has 100 valence electrons. The fourth-order valence-corrected chi connectivity index (χ4v) is 2.70. The number of benzene rings is 1. The second kappa shape index (κ2) is 5.64. The fraction of sp³-hybridized carbons (Fsp3) is 0.625. The molecule has 2 heteroatoms. The van der Waals surface area contributed by atoms with Gasteiger partial charge in [0, 0.05) is 6.04 Å². The smallest absolute Gasteiger partial charge is 0.142 e. The molecule has 1 N–H and O–H groups in total. The van der Waals surface area contributed by atoms with Gasteiger partial charge in [0.05, 0.1) is 12.3 Å². The summed E-state index contributed by atoms with van der Waals surface area (Å²) >= 11 is 0. The monoisotopic (exact) mass is 247 g/mol. The third-order valence-corrected chi connectivity index (χ3v) is 3.68. The van der Waals surface area contributed by atoms with E-state index in [0.717, 1.165) is 24.5 Å². The maximum absolute atomic E-state index is 5.79. The van der Waals surface area contributed by atoms with Crippen molar-refractivity contribution in [2.45, 2.75) is 52.5 Å². The first-order valence-corrected chi connectivity index (χ1v) is 7.09. The van der Waals surface area contributed by atoms with E-state index < -0.39 is 0 Å². The highest BCUT2D eigenvalue weighted by Gasteiger charge is 2.31. The zero-order valence-corrected chi connectivity index (χ0v) is 11.8. The lowest BCUT2D eigenvalue weighted by molar-refractivity contribution is 0.318. The summed E-state index contributed by atoms with van der Waals surface area (Å²) in [5.41, 5.74) is 1.63. The lowest BCUT2D eigenvalue weighted by Gasteiger charge is -2.20. The standard InChI is InChI=1S/C16H25NO/c1-4-11-18-15-8-6-5-7-14(15)17-13-9-10-16(2,3)12-13/h5-8,13,17H,4,9-12H2,1-3H3. The van der Waals surface area contributed by atoms with Gasteiger partial charge in [0.1, 0.15) is 5.75 Å².